The van der Waals surface area contributed by atoms with Crippen molar-refractivity contribution in [1.82, 2.24) is 19.8 Å². The topological polar surface area (TPSA) is 70.6 Å². The summed E-state index contributed by atoms with van der Waals surface area (Å²) in [5, 5.41) is 3.21. The van der Waals surface area contributed by atoms with Crippen LogP contribution in [-0.2, 0) is 4.74 Å². The Morgan fingerprint density at radius 1 is 1.32 bits per heavy atom. The number of hydrogen-bond donors (Lipinski definition) is 1. The molecule has 120 valence electrons. The van der Waals surface area contributed by atoms with E-state index in [4.69, 9.17) is 4.74 Å². The van der Waals surface area contributed by atoms with Crippen molar-refractivity contribution in [2.75, 3.05) is 51.7 Å². The molecule has 3 heterocycles. The lowest BCUT2D eigenvalue weighted by atomic mass is 10.2. The molecular formula is C15H23N5O2. The summed E-state index contributed by atoms with van der Waals surface area (Å²) < 4.78 is 5.55. The minimum Gasteiger partial charge on any atom is -0.376 e. The van der Waals surface area contributed by atoms with Crippen LogP contribution in [0.15, 0.2) is 12.4 Å². The molecule has 7 heteroatoms. The van der Waals surface area contributed by atoms with Crippen LogP contribution in [0.2, 0.25) is 0 Å². The first kappa shape index (κ1) is 15.2. The Balaban J connectivity index is 1.53. The molecule has 0 aliphatic carbocycles. The van der Waals surface area contributed by atoms with Crippen molar-refractivity contribution in [3.8, 4) is 0 Å². The molecule has 0 radical (unpaired) electrons. The standard InChI is InChI=1S/C15H23N5O2/c1-19-4-6-20(7-5-19)15(21)13-10-18-14(11-16-13)17-9-12-3-2-8-22-12/h10-12H,2-9H2,1H3,(H,17,18). The van der Waals surface area contributed by atoms with Gasteiger partial charge in [-0.3, -0.25) is 4.79 Å². The molecule has 0 bridgehead atoms. The van der Waals surface area contributed by atoms with E-state index in [1.807, 2.05) is 4.90 Å². The van der Waals surface area contributed by atoms with Gasteiger partial charge in [-0.25, -0.2) is 9.97 Å². The van der Waals surface area contributed by atoms with Crippen molar-refractivity contribution < 1.29 is 9.53 Å². The lowest BCUT2D eigenvalue weighted by Gasteiger charge is -2.32. The van der Waals surface area contributed by atoms with Crippen LogP contribution in [0, 0.1) is 0 Å². The van der Waals surface area contributed by atoms with Gasteiger partial charge in [0.25, 0.3) is 5.91 Å². The van der Waals surface area contributed by atoms with Crippen molar-refractivity contribution in [3.05, 3.63) is 18.1 Å². The van der Waals surface area contributed by atoms with Gasteiger partial charge in [0, 0.05) is 39.3 Å². The number of likely N-dealkylation sites (N-methyl/N-ethyl adjacent to an activating group) is 1. The first-order valence-electron chi connectivity index (χ1n) is 7.88. The third-order valence-electron chi connectivity index (χ3n) is 4.20. The van der Waals surface area contributed by atoms with Gasteiger partial charge in [0.2, 0.25) is 0 Å². The van der Waals surface area contributed by atoms with Gasteiger partial charge in [-0.1, -0.05) is 0 Å². The number of ether oxygens (including phenoxy) is 1. The highest BCUT2D eigenvalue weighted by Crippen LogP contribution is 2.13. The second-order valence-corrected chi connectivity index (χ2v) is 5.90. The van der Waals surface area contributed by atoms with Gasteiger partial charge in [-0.05, 0) is 19.9 Å². The summed E-state index contributed by atoms with van der Waals surface area (Å²) >= 11 is 0. The Labute approximate surface area is 130 Å². The van der Waals surface area contributed by atoms with E-state index in [1.165, 1.54) is 0 Å². The zero-order valence-corrected chi connectivity index (χ0v) is 13.0. The minimum atomic E-state index is -0.0359. The first-order valence-corrected chi connectivity index (χ1v) is 7.88. The highest BCUT2D eigenvalue weighted by atomic mass is 16.5. The average Bonchev–Trinajstić information content (AvgIpc) is 3.07. The molecule has 3 rings (SSSR count). The number of nitrogens with one attached hydrogen (secondary N) is 1. The third kappa shape index (κ3) is 3.72. The molecular weight excluding hydrogens is 282 g/mol. The molecule has 0 spiro atoms. The smallest absolute Gasteiger partial charge is 0.274 e. The molecule has 22 heavy (non-hydrogen) atoms. The van der Waals surface area contributed by atoms with Gasteiger partial charge in [0.15, 0.2) is 0 Å². The highest BCUT2D eigenvalue weighted by Gasteiger charge is 2.21. The maximum atomic E-state index is 12.3. The van der Waals surface area contributed by atoms with Crippen LogP contribution < -0.4 is 5.32 Å². The molecule has 0 saturated carbocycles. The van der Waals surface area contributed by atoms with Gasteiger partial charge in [-0.15, -0.1) is 0 Å². The summed E-state index contributed by atoms with van der Waals surface area (Å²) in [6, 6.07) is 0. The van der Waals surface area contributed by atoms with E-state index in [1.54, 1.807) is 12.4 Å². The lowest BCUT2D eigenvalue weighted by Crippen LogP contribution is -2.47. The fourth-order valence-corrected chi connectivity index (χ4v) is 2.73. The number of piperazine rings is 1. The molecule has 2 aliphatic heterocycles. The molecule has 1 amide bonds. The van der Waals surface area contributed by atoms with Crippen molar-refractivity contribution in [3.63, 3.8) is 0 Å². The number of aromatic nitrogens is 2. The summed E-state index contributed by atoms with van der Waals surface area (Å²) in [4.78, 5) is 24.9. The maximum absolute atomic E-state index is 12.3. The summed E-state index contributed by atoms with van der Waals surface area (Å²) in [7, 11) is 2.07. The van der Waals surface area contributed by atoms with Crippen LogP contribution in [0.3, 0.4) is 0 Å². The first-order chi connectivity index (χ1) is 10.7. The molecule has 1 N–H and O–H groups in total. The fraction of sp³-hybridized carbons (Fsp3) is 0.667. The van der Waals surface area contributed by atoms with E-state index in [2.05, 4.69) is 27.2 Å². The Morgan fingerprint density at radius 2 is 2.14 bits per heavy atom. The van der Waals surface area contributed by atoms with E-state index < -0.39 is 0 Å². The van der Waals surface area contributed by atoms with Crippen LogP contribution in [0.1, 0.15) is 23.3 Å². The number of nitrogens with zero attached hydrogens (tertiary/aromatic N) is 4. The number of amides is 1. The highest BCUT2D eigenvalue weighted by molar-refractivity contribution is 5.92. The van der Waals surface area contributed by atoms with Crippen molar-refractivity contribution in [2.45, 2.75) is 18.9 Å². The van der Waals surface area contributed by atoms with Gasteiger partial charge >= 0.3 is 0 Å². The second-order valence-electron chi connectivity index (χ2n) is 5.90. The van der Waals surface area contributed by atoms with Crippen LogP contribution in [0.5, 0.6) is 0 Å². The second kappa shape index (κ2) is 7.02. The molecule has 2 saturated heterocycles. The summed E-state index contributed by atoms with van der Waals surface area (Å²) in [5.41, 5.74) is 0.409. The lowest BCUT2D eigenvalue weighted by molar-refractivity contribution is 0.0657. The Morgan fingerprint density at radius 3 is 2.77 bits per heavy atom. The number of anilines is 1. The normalized spacial score (nSPS) is 22.8. The van der Waals surface area contributed by atoms with Gasteiger partial charge in [0.05, 0.1) is 18.5 Å². The predicted molar refractivity (Wildman–Crippen MR) is 82.9 cm³/mol. The number of carbonyl (C=O) groups excluding carboxylic acids is 1. The van der Waals surface area contributed by atoms with Gasteiger partial charge in [0.1, 0.15) is 11.5 Å². The average molecular weight is 305 g/mol. The maximum Gasteiger partial charge on any atom is 0.274 e. The molecule has 2 fully saturated rings. The quantitative estimate of drug-likeness (QED) is 0.871. The van der Waals surface area contributed by atoms with Crippen molar-refractivity contribution in [2.24, 2.45) is 0 Å². The summed E-state index contributed by atoms with van der Waals surface area (Å²) in [5.74, 6) is 0.650. The molecule has 1 aromatic rings. The molecule has 7 nitrogen and oxygen atoms in total. The molecule has 1 unspecified atom stereocenters. The molecule has 0 aromatic carbocycles. The monoisotopic (exact) mass is 305 g/mol. The third-order valence-corrected chi connectivity index (χ3v) is 4.20. The van der Waals surface area contributed by atoms with Gasteiger partial charge in [-0.2, -0.15) is 0 Å². The van der Waals surface area contributed by atoms with E-state index >= 15 is 0 Å². The molecule has 1 atom stereocenters. The zero-order chi connectivity index (χ0) is 15.4. The Bertz CT molecular complexity index is 493. The van der Waals surface area contributed by atoms with Gasteiger partial charge < -0.3 is 19.9 Å². The Hall–Kier alpha value is -1.73. The predicted octanol–water partition coefficient (Wildman–Crippen LogP) is 0.455. The van der Waals surface area contributed by atoms with Crippen LogP contribution in [0.4, 0.5) is 5.82 Å². The fourth-order valence-electron chi connectivity index (χ4n) is 2.73. The number of hydrogen-bond acceptors (Lipinski definition) is 6. The van der Waals surface area contributed by atoms with E-state index in [0.29, 0.717) is 11.5 Å². The largest absolute Gasteiger partial charge is 0.376 e. The van der Waals surface area contributed by atoms with E-state index in [-0.39, 0.29) is 12.0 Å². The molecule has 2 aliphatic rings. The van der Waals surface area contributed by atoms with Crippen molar-refractivity contribution >= 4 is 11.7 Å². The Kier molecular flexibility index (Phi) is 4.84. The van der Waals surface area contributed by atoms with Crippen LogP contribution in [-0.4, -0.2) is 78.2 Å². The number of rotatable bonds is 4. The number of carbonyl (C=O) groups is 1. The van der Waals surface area contributed by atoms with E-state index in [9.17, 15) is 4.79 Å². The SMILES string of the molecule is CN1CCN(C(=O)c2cnc(NCC3CCCO3)cn2)CC1. The minimum absolute atomic E-state index is 0.0359. The summed E-state index contributed by atoms with van der Waals surface area (Å²) in [6.07, 6.45) is 5.64. The van der Waals surface area contributed by atoms with Crippen LogP contribution in [0.25, 0.3) is 0 Å². The zero-order valence-electron chi connectivity index (χ0n) is 13.0. The van der Waals surface area contributed by atoms with E-state index in [0.717, 1.165) is 52.2 Å². The summed E-state index contributed by atoms with van der Waals surface area (Å²) in [6.45, 7) is 4.88. The molecule has 1 aromatic heterocycles. The van der Waals surface area contributed by atoms with Crippen molar-refractivity contribution in [1.29, 1.82) is 0 Å². The van der Waals surface area contributed by atoms with Crippen LogP contribution >= 0.6 is 0 Å².